The number of amides is 2. The molecule has 1 aromatic carbocycles. The van der Waals surface area contributed by atoms with Crippen LogP contribution < -0.4 is 15.0 Å². The van der Waals surface area contributed by atoms with E-state index in [2.05, 4.69) is 5.32 Å². The van der Waals surface area contributed by atoms with Gasteiger partial charge in [0.05, 0.1) is 23.1 Å². The fourth-order valence-electron chi connectivity index (χ4n) is 3.76. The summed E-state index contributed by atoms with van der Waals surface area (Å²) >= 11 is 6.90. The molecule has 1 aromatic heterocycles. The van der Waals surface area contributed by atoms with Crippen molar-refractivity contribution in [2.75, 3.05) is 51.2 Å². The molecule has 9 nitrogen and oxygen atoms in total. The third kappa shape index (κ3) is 4.56. The number of fused-ring (bicyclic) bond motifs is 1. The van der Waals surface area contributed by atoms with Crippen molar-refractivity contribution in [3.05, 3.63) is 40.7 Å². The number of hydrogen-bond acceptors (Lipinski definition) is 7. The predicted octanol–water partition coefficient (Wildman–Crippen LogP) is 1.25. The van der Waals surface area contributed by atoms with E-state index in [1.165, 1.54) is 10.4 Å². The van der Waals surface area contributed by atoms with E-state index in [9.17, 15) is 18.0 Å². The summed E-state index contributed by atoms with van der Waals surface area (Å²) in [6.07, 6.45) is -0.720. The van der Waals surface area contributed by atoms with Crippen molar-refractivity contribution in [1.82, 2.24) is 14.5 Å². The molecule has 0 spiro atoms. The molecule has 3 heterocycles. The predicted molar refractivity (Wildman–Crippen MR) is 122 cm³/mol. The summed E-state index contributed by atoms with van der Waals surface area (Å²) in [6, 6.07) is 10.3. The zero-order valence-electron chi connectivity index (χ0n) is 17.4. The van der Waals surface area contributed by atoms with E-state index < -0.39 is 16.1 Å². The second kappa shape index (κ2) is 9.26. The van der Waals surface area contributed by atoms with Gasteiger partial charge in [-0.25, -0.2) is 8.42 Å². The van der Waals surface area contributed by atoms with Crippen molar-refractivity contribution >= 4 is 50.5 Å². The fourth-order valence-corrected chi connectivity index (χ4v) is 6.82. The van der Waals surface area contributed by atoms with Gasteiger partial charge in [-0.1, -0.05) is 23.7 Å². The number of anilines is 1. The van der Waals surface area contributed by atoms with Crippen molar-refractivity contribution in [1.29, 1.82) is 0 Å². The number of nitrogens with zero attached hydrogens (tertiary/aromatic N) is 3. The molecule has 1 atom stereocenters. The molecule has 2 amide bonds. The number of carbonyl (C=O) groups excluding carboxylic acids is 2. The highest BCUT2D eigenvalue weighted by Gasteiger charge is 2.34. The summed E-state index contributed by atoms with van der Waals surface area (Å²) in [6.45, 7) is 1.33. The van der Waals surface area contributed by atoms with Gasteiger partial charge < -0.3 is 19.9 Å². The van der Waals surface area contributed by atoms with Gasteiger partial charge in [-0.15, -0.1) is 11.3 Å². The van der Waals surface area contributed by atoms with Crippen LogP contribution in [-0.2, 0) is 19.6 Å². The van der Waals surface area contributed by atoms with Crippen LogP contribution in [0.25, 0.3) is 0 Å². The van der Waals surface area contributed by atoms with Gasteiger partial charge in [0.1, 0.15) is 9.96 Å². The van der Waals surface area contributed by atoms with E-state index in [1.807, 2.05) is 23.1 Å². The minimum atomic E-state index is -3.62. The molecule has 4 rings (SSSR count). The maximum Gasteiger partial charge on any atom is 0.262 e. The Balaban J connectivity index is 1.41. The summed E-state index contributed by atoms with van der Waals surface area (Å²) in [5, 5.41) is 2.58. The van der Waals surface area contributed by atoms with Gasteiger partial charge >= 0.3 is 0 Å². The lowest BCUT2D eigenvalue weighted by atomic mass is 10.1. The molecule has 0 radical (unpaired) electrons. The summed E-state index contributed by atoms with van der Waals surface area (Å²) < 4.78 is 33.3. The third-order valence-electron chi connectivity index (χ3n) is 5.46. The summed E-state index contributed by atoms with van der Waals surface area (Å²) in [7, 11) is -2.08. The number of para-hydroxylation sites is 2. The number of hydrogen-bond donors (Lipinski definition) is 1. The molecule has 1 N–H and O–H groups in total. The number of ether oxygens (including phenoxy) is 1. The van der Waals surface area contributed by atoms with Crippen LogP contribution in [-0.4, -0.2) is 81.9 Å². The smallest absolute Gasteiger partial charge is 0.262 e. The maximum absolute atomic E-state index is 13.0. The highest BCUT2D eigenvalue weighted by molar-refractivity contribution is 7.91. The lowest BCUT2D eigenvalue weighted by molar-refractivity contribution is -0.131. The Morgan fingerprint density at radius 1 is 1.16 bits per heavy atom. The molecular weight excluding hydrogens is 476 g/mol. The highest BCUT2D eigenvalue weighted by Crippen LogP contribution is 2.33. The fraction of sp³-hybridized carbons (Fsp3) is 0.400. The van der Waals surface area contributed by atoms with Crippen molar-refractivity contribution in [2.45, 2.75) is 10.3 Å². The van der Waals surface area contributed by atoms with Crippen LogP contribution in [0.2, 0.25) is 4.34 Å². The number of benzene rings is 1. The summed E-state index contributed by atoms with van der Waals surface area (Å²) in [5.41, 5.74) is 0.747. The molecule has 12 heteroatoms. The molecule has 0 bridgehead atoms. The van der Waals surface area contributed by atoms with E-state index in [4.69, 9.17) is 16.3 Å². The normalized spacial score (nSPS) is 19.2. The van der Waals surface area contributed by atoms with Crippen LogP contribution in [0, 0.1) is 0 Å². The van der Waals surface area contributed by atoms with E-state index in [0.717, 1.165) is 17.0 Å². The quantitative estimate of drug-likeness (QED) is 0.666. The average molecular weight is 499 g/mol. The Hall–Kier alpha value is -2.34. The lowest BCUT2D eigenvalue weighted by Gasteiger charge is -2.38. The first-order valence-electron chi connectivity index (χ1n) is 10.0. The van der Waals surface area contributed by atoms with Gasteiger partial charge in [0.25, 0.3) is 15.9 Å². The van der Waals surface area contributed by atoms with Crippen LogP contribution in [0.1, 0.15) is 0 Å². The molecule has 2 aliphatic heterocycles. The van der Waals surface area contributed by atoms with Gasteiger partial charge in [-0.3, -0.25) is 9.59 Å². The van der Waals surface area contributed by atoms with Gasteiger partial charge in [0.2, 0.25) is 5.91 Å². The van der Waals surface area contributed by atoms with E-state index in [-0.39, 0.29) is 42.2 Å². The highest BCUT2D eigenvalue weighted by atomic mass is 35.5. The number of halogens is 1. The Labute approximate surface area is 195 Å². The van der Waals surface area contributed by atoms with Gasteiger partial charge in [0, 0.05) is 33.2 Å². The first-order valence-corrected chi connectivity index (χ1v) is 12.7. The number of likely N-dealkylation sites (N-methyl/N-ethyl adjacent to an activating group) is 1. The molecule has 0 unspecified atom stereocenters. The van der Waals surface area contributed by atoms with Crippen molar-refractivity contribution in [3.8, 4) is 5.75 Å². The van der Waals surface area contributed by atoms with Crippen LogP contribution in [0.3, 0.4) is 0 Å². The number of nitrogens with one attached hydrogen (secondary N) is 1. The zero-order valence-corrected chi connectivity index (χ0v) is 19.8. The lowest BCUT2D eigenvalue weighted by Crippen LogP contribution is -2.54. The van der Waals surface area contributed by atoms with E-state index in [1.54, 1.807) is 24.1 Å². The minimum Gasteiger partial charge on any atom is -0.477 e. The second-order valence-corrected chi connectivity index (χ2v) is 11.3. The molecule has 1 saturated heterocycles. The maximum atomic E-state index is 13.0. The minimum absolute atomic E-state index is 0.0706. The Kier molecular flexibility index (Phi) is 6.61. The third-order valence-corrected chi connectivity index (χ3v) is 9.06. The van der Waals surface area contributed by atoms with Crippen LogP contribution in [0.15, 0.2) is 40.6 Å². The van der Waals surface area contributed by atoms with Crippen LogP contribution in [0.4, 0.5) is 5.69 Å². The Bertz CT molecular complexity index is 1110. The summed E-state index contributed by atoms with van der Waals surface area (Å²) in [4.78, 5) is 28.6. The number of sulfonamides is 1. The molecule has 2 aliphatic rings. The number of rotatable bonds is 5. The largest absolute Gasteiger partial charge is 0.477 e. The van der Waals surface area contributed by atoms with Crippen molar-refractivity contribution < 1.29 is 22.7 Å². The van der Waals surface area contributed by atoms with Crippen molar-refractivity contribution in [2.24, 2.45) is 0 Å². The molecule has 1 fully saturated rings. The van der Waals surface area contributed by atoms with Gasteiger partial charge in [-0.05, 0) is 24.3 Å². The number of thiophene rings is 1. The zero-order chi connectivity index (χ0) is 22.9. The molecule has 0 aliphatic carbocycles. The Morgan fingerprint density at radius 3 is 2.53 bits per heavy atom. The topological polar surface area (TPSA) is 99.3 Å². The average Bonchev–Trinajstić information content (AvgIpc) is 3.25. The Morgan fingerprint density at radius 2 is 1.88 bits per heavy atom. The molecule has 172 valence electrons. The standard InChI is InChI=1S/C20H23ClN4O5S2/c1-22-20(27)16-12-24(14-4-2-3-5-15(14)30-16)13-18(26)23-8-10-25(11-9-23)32(28,29)19-7-6-17(21)31-19/h2-7,16H,8-13H2,1H3,(H,22,27)/t16-/m1/s1. The van der Waals surface area contributed by atoms with Gasteiger partial charge in [-0.2, -0.15) is 4.31 Å². The van der Waals surface area contributed by atoms with Crippen LogP contribution >= 0.6 is 22.9 Å². The number of piperazine rings is 1. The first kappa shape index (κ1) is 22.8. The second-order valence-electron chi connectivity index (χ2n) is 7.41. The van der Waals surface area contributed by atoms with Crippen LogP contribution in [0.5, 0.6) is 5.75 Å². The van der Waals surface area contributed by atoms with Crippen molar-refractivity contribution in [3.63, 3.8) is 0 Å². The first-order chi connectivity index (χ1) is 15.3. The molecule has 32 heavy (non-hydrogen) atoms. The SMILES string of the molecule is CNC(=O)[C@H]1CN(CC(=O)N2CCN(S(=O)(=O)c3ccc(Cl)s3)CC2)c2ccccc2O1. The van der Waals surface area contributed by atoms with Gasteiger partial charge in [0.15, 0.2) is 6.10 Å². The monoisotopic (exact) mass is 498 g/mol. The molecule has 0 saturated carbocycles. The molecule has 2 aromatic rings. The van der Waals surface area contributed by atoms with E-state index in [0.29, 0.717) is 23.2 Å². The molecular formula is C20H23ClN4O5S2. The number of carbonyl (C=O) groups is 2. The van der Waals surface area contributed by atoms with E-state index >= 15 is 0 Å². The summed E-state index contributed by atoms with van der Waals surface area (Å²) in [5.74, 6) is 0.156.